The van der Waals surface area contributed by atoms with Crippen LogP contribution in [0.5, 0.6) is 11.5 Å². The Labute approximate surface area is 231 Å². The topological polar surface area (TPSA) is 105 Å². The molecule has 12 heteroatoms. The van der Waals surface area contributed by atoms with Gasteiger partial charge < -0.3 is 34.0 Å². The van der Waals surface area contributed by atoms with E-state index in [0.717, 1.165) is 0 Å². The van der Waals surface area contributed by atoms with Gasteiger partial charge >= 0.3 is 6.09 Å². The molecule has 0 spiro atoms. The van der Waals surface area contributed by atoms with Crippen LogP contribution in [0.15, 0.2) is 18.2 Å². The van der Waals surface area contributed by atoms with Crippen molar-refractivity contribution < 1.29 is 33.3 Å². The number of phenolic OH excluding ortho intramolecular Hbond substituents is 1. The van der Waals surface area contributed by atoms with Gasteiger partial charge in [0.05, 0.1) is 24.3 Å². The molecular weight excluding hydrogens is 531 g/mol. The number of benzene rings is 1. The molecule has 39 heavy (non-hydrogen) atoms. The van der Waals surface area contributed by atoms with Crippen molar-refractivity contribution >= 4 is 29.4 Å². The lowest BCUT2D eigenvalue weighted by Gasteiger charge is -2.40. The molecule has 2 aromatic rings. The van der Waals surface area contributed by atoms with E-state index in [0.29, 0.717) is 26.2 Å². The van der Waals surface area contributed by atoms with Crippen molar-refractivity contribution in [1.82, 2.24) is 14.8 Å². The van der Waals surface area contributed by atoms with Gasteiger partial charge in [-0.05, 0) is 39.8 Å². The van der Waals surface area contributed by atoms with E-state index in [4.69, 9.17) is 25.8 Å². The second-order valence-corrected chi connectivity index (χ2v) is 11.3. The Bertz CT molecular complexity index is 1280. The van der Waals surface area contributed by atoms with Gasteiger partial charge in [0.2, 0.25) is 0 Å². The van der Waals surface area contributed by atoms with Gasteiger partial charge in [0, 0.05) is 32.7 Å². The summed E-state index contributed by atoms with van der Waals surface area (Å²) < 4.78 is 32.3. The van der Waals surface area contributed by atoms with Crippen LogP contribution in [0.2, 0.25) is 5.02 Å². The number of rotatable bonds is 2. The second kappa shape index (κ2) is 10.3. The van der Waals surface area contributed by atoms with E-state index >= 15 is 0 Å². The van der Waals surface area contributed by atoms with Crippen molar-refractivity contribution in [2.24, 2.45) is 0 Å². The number of anilines is 1. The highest BCUT2D eigenvalue weighted by Gasteiger charge is 2.42. The molecule has 3 aliphatic heterocycles. The van der Waals surface area contributed by atoms with Gasteiger partial charge in [-0.3, -0.25) is 4.79 Å². The number of ether oxygens (including phenoxy) is 3. The maximum atomic E-state index is 15.0. The molecule has 4 heterocycles. The fraction of sp³-hybridized carbons (Fsp3) is 0.519. The summed E-state index contributed by atoms with van der Waals surface area (Å²) in [5.41, 5.74) is -0.690. The highest BCUT2D eigenvalue weighted by atomic mass is 35.5. The molecule has 1 unspecified atom stereocenters. The highest BCUT2D eigenvalue weighted by molar-refractivity contribution is 6.35. The van der Waals surface area contributed by atoms with Crippen LogP contribution in [0, 0.1) is 5.82 Å². The normalized spacial score (nSPS) is 21.6. The summed E-state index contributed by atoms with van der Waals surface area (Å²) in [6.07, 6.45) is -0.597. The average Bonchev–Trinajstić information content (AvgIpc) is 3.01. The number of carbonyl (C=O) groups excluding carboxylic acids is 2. The largest absolute Gasteiger partial charge is 0.507 e. The molecule has 1 aromatic heterocycles. The van der Waals surface area contributed by atoms with Crippen LogP contribution in [0.1, 0.15) is 38.1 Å². The van der Waals surface area contributed by atoms with Crippen LogP contribution in [0.25, 0.3) is 11.3 Å². The molecule has 2 fully saturated rings. The van der Waals surface area contributed by atoms with Gasteiger partial charge in [-0.15, -0.1) is 0 Å². The molecule has 0 aliphatic carbocycles. The number of morpholine rings is 1. The summed E-state index contributed by atoms with van der Waals surface area (Å²) in [4.78, 5) is 36.6. The Morgan fingerprint density at radius 1 is 1.21 bits per heavy atom. The molecule has 2 atom stereocenters. The van der Waals surface area contributed by atoms with Gasteiger partial charge in [-0.2, -0.15) is 0 Å². The minimum Gasteiger partial charge on any atom is -0.507 e. The molecule has 0 bridgehead atoms. The van der Waals surface area contributed by atoms with Crippen molar-refractivity contribution in [2.75, 3.05) is 50.8 Å². The van der Waals surface area contributed by atoms with Gasteiger partial charge in [-0.1, -0.05) is 17.7 Å². The number of pyridine rings is 1. The number of aromatic nitrogens is 1. The molecule has 0 radical (unpaired) electrons. The van der Waals surface area contributed by atoms with Crippen molar-refractivity contribution in [3.05, 3.63) is 34.6 Å². The number of piperazine rings is 1. The molecule has 2 amide bonds. The summed E-state index contributed by atoms with van der Waals surface area (Å²) in [7, 11) is 0. The van der Waals surface area contributed by atoms with Gasteiger partial charge in [0.25, 0.3) is 5.91 Å². The zero-order valence-electron chi connectivity index (χ0n) is 22.4. The number of nitrogens with zero attached hydrogens (tertiary/aromatic N) is 4. The molecule has 1 aromatic carbocycles. The lowest BCUT2D eigenvalue weighted by atomic mass is 10.0. The molecule has 5 rings (SSSR count). The number of carbonyl (C=O) groups is 2. The number of aromatic hydroxyl groups is 1. The average molecular weight is 563 g/mol. The Morgan fingerprint density at radius 3 is 2.67 bits per heavy atom. The molecule has 0 saturated carbocycles. The Balaban J connectivity index is 1.58. The standard InChI is InChI=1S/C27H32ClFN4O6/c1-15-12-31(10-11-37-15)24-20-23(21(28)22(30-24)19-17(29)6-5-7-18(19)34)38-14-16-13-32(8-9-33(16)25(20)35)26(36)39-27(2,3)4/h5-7,15-16,34H,8-14H2,1-4H3/t15-,16?/m1/s1. The lowest BCUT2D eigenvalue weighted by Crippen LogP contribution is -2.58. The smallest absolute Gasteiger partial charge is 0.410 e. The fourth-order valence-electron chi connectivity index (χ4n) is 5.09. The number of halogens is 2. The van der Waals surface area contributed by atoms with Crippen molar-refractivity contribution in [3.8, 4) is 22.8 Å². The summed E-state index contributed by atoms with van der Waals surface area (Å²) >= 11 is 6.77. The maximum Gasteiger partial charge on any atom is 0.410 e. The second-order valence-electron chi connectivity index (χ2n) is 11.0. The first kappa shape index (κ1) is 27.3. The van der Waals surface area contributed by atoms with Crippen molar-refractivity contribution in [1.29, 1.82) is 0 Å². The SMILES string of the molecule is C[C@@H]1CN(c2nc(-c3c(O)cccc3F)c(Cl)c3c2C(=O)N2CCN(C(=O)OC(C)(C)C)CC2CO3)CCO1. The first-order valence-corrected chi connectivity index (χ1v) is 13.3. The van der Waals surface area contributed by atoms with E-state index < -0.39 is 23.6 Å². The van der Waals surface area contributed by atoms with E-state index in [1.807, 2.05) is 11.8 Å². The van der Waals surface area contributed by atoms with E-state index in [2.05, 4.69) is 4.98 Å². The van der Waals surface area contributed by atoms with Crippen molar-refractivity contribution in [2.45, 2.75) is 45.4 Å². The van der Waals surface area contributed by atoms with Gasteiger partial charge in [0.1, 0.15) is 45.9 Å². The lowest BCUT2D eigenvalue weighted by molar-refractivity contribution is 0.000951. The molecule has 2 saturated heterocycles. The Kier molecular flexibility index (Phi) is 7.23. The van der Waals surface area contributed by atoms with Crippen LogP contribution in [-0.2, 0) is 9.47 Å². The minimum atomic E-state index is -0.712. The van der Waals surface area contributed by atoms with E-state index in [9.17, 15) is 19.1 Å². The molecule has 1 N–H and O–H groups in total. The van der Waals surface area contributed by atoms with E-state index in [1.54, 1.807) is 30.6 Å². The van der Waals surface area contributed by atoms with Crippen molar-refractivity contribution in [3.63, 3.8) is 0 Å². The third-order valence-electron chi connectivity index (χ3n) is 6.87. The summed E-state index contributed by atoms with van der Waals surface area (Å²) in [6.45, 7) is 9.40. The Hall–Kier alpha value is -3.31. The number of fused-ring (bicyclic) bond motifs is 2. The Morgan fingerprint density at radius 2 is 1.97 bits per heavy atom. The van der Waals surface area contributed by atoms with E-state index in [-0.39, 0.29) is 70.9 Å². The zero-order chi connectivity index (χ0) is 28.1. The zero-order valence-corrected chi connectivity index (χ0v) is 23.1. The number of hydrogen-bond acceptors (Lipinski definition) is 8. The number of phenols is 1. The van der Waals surface area contributed by atoms with Crippen LogP contribution >= 0.6 is 11.6 Å². The molecule has 210 valence electrons. The summed E-state index contributed by atoms with van der Waals surface area (Å²) in [5.74, 6) is -1.04. The first-order chi connectivity index (χ1) is 18.4. The third kappa shape index (κ3) is 5.29. The van der Waals surface area contributed by atoms with E-state index in [1.165, 1.54) is 18.2 Å². The molecule has 3 aliphatic rings. The van der Waals surface area contributed by atoms with Crippen LogP contribution in [0.3, 0.4) is 0 Å². The summed E-state index contributed by atoms with van der Waals surface area (Å²) in [6, 6.07) is 3.46. The molecular formula is C27H32ClFN4O6. The minimum absolute atomic E-state index is 0.0248. The maximum absolute atomic E-state index is 15.0. The third-order valence-corrected chi connectivity index (χ3v) is 7.22. The van der Waals surface area contributed by atoms with Gasteiger partial charge in [0.15, 0.2) is 5.75 Å². The van der Waals surface area contributed by atoms with Crippen LogP contribution in [-0.4, -0.2) is 95.6 Å². The fourth-order valence-corrected chi connectivity index (χ4v) is 5.38. The monoisotopic (exact) mass is 562 g/mol. The number of amides is 2. The van der Waals surface area contributed by atoms with Crippen LogP contribution in [0.4, 0.5) is 15.0 Å². The number of hydrogen-bond donors (Lipinski definition) is 1. The molecule has 10 nitrogen and oxygen atoms in total. The predicted molar refractivity (Wildman–Crippen MR) is 142 cm³/mol. The highest BCUT2D eigenvalue weighted by Crippen LogP contribution is 2.46. The predicted octanol–water partition coefficient (Wildman–Crippen LogP) is 3.93. The first-order valence-electron chi connectivity index (χ1n) is 12.9. The quantitative estimate of drug-likeness (QED) is 0.587. The summed E-state index contributed by atoms with van der Waals surface area (Å²) in [5, 5.41) is 10.4. The van der Waals surface area contributed by atoms with Gasteiger partial charge in [-0.25, -0.2) is 14.2 Å². The van der Waals surface area contributed by atoms with Crippen LogP contribution < -0.4 is 9.64 Å².